The van der Waals surface area contributed by atoms with E-state index < -0.39 is 5.60 Å². The van der Waals surface area contributed by atoms with Gasteiger partial charge in [0.05, 0.1) is 11.2 Å². The molecule has 3 atom stereocenters. The molecule has 1 aromatic carbocycles. The summed E-state index contributed by atoms with van der Waals surface area (Å²) in [6, 6.07) is 11.6. The molecule has 1 amide bonds. The molecule has 0 unspecified atom stereocenters. The van der Waals surface area contributed by atoms with E-state index in [1.165, 1.54) is 0 Å². The molecule has 5 nitrogen and oxygen atoms in total. The third-order valence-corrected chi connectivity index (χ3v) is 6.10. The number of aliphatic hydroxyl groups is 1. The van der Waals surface area contributed by atoms with Gasteiger partial charge in [-0.2, -0.15) is 0 Å². The summed E-state index contributed by atoms with van der Waals surface area (Å²) in [7, 11) is 0. The zero-order valence-electron chi connectivity index (χ0n) is 14.8. The molecule has 3 N–H and O–H groups in total. The number of carbonyl (C=O) groups excluding carboxylic acids is 1. The van der Waals surface area contributed by atoms with Gasteiger partial charge in [0.15, 0.2) is 0 Å². The number of rotatable bonds is 2. The SMILES string of the molecule is Nc1ccncc1C(=O)N1CC[C@](O)(c2ccccc2)[C@H]2CCCC[C@H]21. The van der Waals surface area contributed by atoms with Gasteiger partial charge >= 0.3 is 0 Å². The first-order chi connectivity index (χ1) is 12.6. The first kappa shape index (κ1) is 17.0. The monoisotopic (exact) mass is 351 g/mol. The fourth-order valence-corrected chi connectivity index (χ4v) is 4.76. The topological polar surface area (TPSA) is 79.5 Å². The number of hydrogen-bond donors (Lipinski definition) is 2. The van der Waals surface area contributed by atoms with Crippen molar-refractivity contribution in [1.29, 1.82) is 0 Å². The van der Waals surface area contributed by atoms with E-state index in [1.54, 1.807) is 18.5 Å². The minimum atomic E-state index is -0.871. The number of hydrogen-bond acceptors (Lipinski definition) is 4. The number of likely N-dealkylation sites (tertiary alicyclic amines) is 1. The van der Waals surface area contributed by atoms with E-state index in [1.807, 2.05) is 35.2 Å². The lowest BCUT2D eigenvalue weighted by molar-refractivity contribution is -0.110. The van der Waals surface area contributed by atoms with E-state index >= 15 is 0 Å². The number of carbonyl (C=O) groups is 1. The van der Waals surface area contributed by atoms with Gasteiger partial charge in [0.1, 0.15) is 0 Å². The zero-order chi connectivity index (χ0) is 18.1. The Kier molecular flexibility index (Phi) is 4.41. The maximum Gasteiger partial charge on any atom is 0.257 e. The van der Waals surface area contributed by atoms with Crippen LogP contribution >= 0.6 is 0 Å². The number of nitrogens with two attached hydrogens (primary N) is 1. The van der Waals surface area contributed by atoms with Crippen molar-refractivity contribution in [2.45, 2.75) is 43.7 Å². The standard InChI is InChI=1S/C21H25N3O2/c22-18-10-12-23-14-16(18)20(25)24-13-11-21(26,15-6-2-1-3-7-15)17-8-4-5-9-19(17)24/h1-3,6-7,10,12,14,17,19,26H,4-5,8-9,11,13H2,(H2,22,23)/t17-,19+,21-/m0/s1. The summed E-state index contributed by atoms with van der Waals surface area (Å²) in [4.78, 5) is 19.1. The van der Waals surface area contributed by atoms with E-state index in [0.717, 1.165) is 31.2 Å². The fourth-order valence-electron chi connectivity index (χ4n) is 4.76. The molecule has 0 spiro atoms. The Morgan fingerprint density at radius 1 is 1.19 bits per heavy atom. The van der Waals surface area contributed by atoms with E-state index in [9.17, 15) is 9.90 Å². The second-order valence-electron chi connectivity index (χ2n) is 7.46. The smallest absolute Gasteiger partial charge is 0.257 e. The van der Waals surface area contributed by atoms with Crippen LogP contribution in [0.3, 0.4) is 0 Å². The number of anilines is 1. The predicted molar refractivity (Wildman–Crippen MR) is 100 cm³/mol. The van der Waals surface area contributed by atoms with Crippen molar-refractivity contribution in [2.75, 3.05) is 12.3 Å². The van der Waals surface area contributed by atoms with Gasteiger partial charge in [0.2, 0.25) is 0 Å². The highest BCUT2D eigenvalue weighted by Crippen LogP contribution is 2.47. The Bertz CT molecular complexity index is 795. The molecular weight excluding hydrogens is 326 g/mol. The molecule has 1 saturated carbocycles. The lowest BCUT2D eigenvalue weighted by atomic mass is 9.66. The molecule has 5 heteroatoms. The van der Waals surface area contributed by atoms with E-state index in [4.69, 9.17) is 5.73 Å². The molecule has 1 saturated heterocycles. The summed E-state index contributed by atoms with van der Waals surface area (Å²) in [6.45, 7) is 0.528. The van der Waals surface area contributed by atoms with Crippen molar-refractivity contribution in [1.82, 2.24) is 9.88 Å². The lowest BCUT2D eigenvalue weighted by Crippen LogP contribution is -2.59. The van der Waals surface area contributed by atoms with Gasteiger partial charge in [-0.3, -0.25) is 9.78 Å². The van der Waals surface area contributed by atoms with Crippen LogP contribution in [0.2, 0.25) is 0 Å². The second-order valence-corrected chi connectivity index (χ2v) is 7.46. The molecule has 26 heavy (non-hydrogen) atoms. The summed E-state index contributed by atoms with van der Waals surface area (Å²) >= 11 is 0. The molecule has 2 aliphatic rings. The molecule has 2 fully saturated rings. The van der Waals surface area contributed by atoms with E-state index in [0.29, 0.717) is 24.2 Å². The Hall–Kier alpha value is -2.40. The second kappa shape index (κ2) is 6.72. The van der Waals surface area contributed by atoms with Crippen LogP contribution in [0.5, 0.6) is 0 Å². The van der Waals surface area contributed by atoms with Gasteiger partial charge in [-0.05, 0) is 30.9 Å². The van der Waals surface area contributed by atoms with Crippen molar-refractivity contribution in [3.8, 4) is 0 Å². The number of piperidine rings is 1. The minimum Gasteiger partial charge on any atom is -0.398 e. The van der Waals surface area contributed by atoms with Crippen LogP contribution < -0.4 is 5.73 Å². The number of aromatic nitrogens is 1. The Morgan fingerprint density at radius 3 is 2.73 bits per heavy atom. The number of nitrogen functional groups attached to an aromatic ring is 1. The normalized spacial score (nSPS) is 28.4. The van der Waals surface area contributed by atoms with Crippen LogP contribution in [0.25, 0.3) is 0 Å². The van der Waals surface area contributed by atoms with E-state index in [-0.39, 0.29) is 17.9 Å². The summed E-state index contributed by atoms with van der Waals surface area (Å²) in [5.74, 6) is -0.0168. The first-order valence-electron chi connectivity index (χ1n) is 9.39. The van der Waals surface area contributed by atoms with Gasteiger partial charge in [0.25, 0.3) is 5.91 Å². The van der Waals surface area contributed by atoms with Crippen molar-refractivity contribution in [3.63, 3.8) is 0 Å². The highest BCUT2D eigenvalue weighted by molar-refractivity contribution is 5.99. The maximum atomic E-state index is 13.1. The number of pyridine rings is 1. The zero-order valence-corrected chi connectivity index (χ0v) is 14.8. The maximum absolute atomic E-state index is 13.1. The molecule has 2 heterocycles. The largest absolute Gasteiger partial charge is 0.398 e. The average Bonchev–Trinajstić information content (AvgIpc) is 2.69. The average molecular weight is 351 g/mol. The molecule has 4 rings (SSSR count). The van der Waals surface area contributed by atoms with Crippen LogP contribution in [0, 0.1) is 5.92 Å². The van der Waals surface area contributed by atoms with Crippen LogP contribution in [0.15, 0.2) is 48.8 Å². The molecule has 1 aliphatic carbocycles. The number of nitrogens with zero attached hydrogens (tertiary/aromatic N) is 2. The summed E-state index contributed by atoms with van der Waals surface area (Å²) in [5, 5.41) is 11.6. The van der Waals surface area contributed by atoms with Crippen LogP contribution in [0.1, 0.15) is 48.0 Å². The molecule has 2 aromatic rings. The van der Waals surface area contributed by atoms with E-state index in [2.05, 4.69) is 4.98 Å². The highest BCUT2D eigenvalue weighted by atomic mass is 16.3. The van der Waals surface area contributed by atoms with Gasteiger partial charge in [-0.15, -0.1) is 0 Å². The Morgan fingerprint density at radius 2 is 1.96 bits per heavy atom. The molecule has 0 radical (unpaired) electrons. The van der Waals surface area contributed by atoms with Gasteiger partial charge in [-0.25, -0.2) is 0 Å². The van der Waals surface area contributed by atoms with Crippen LogP contribution in [-0.2, 0) is 5.60 Å². The molecular formula is C21H25N3O2. The van der Waals surface area contributed by atoms with Crippen molar-refractivity contribution >= 4 is 11.6 Å². The predicted octanol–water partition coefficient (Wildman–Crippen LogP) is 2.96. The third kappa shape index (κ3) is 2.76. The van der Waals surface area contributed by atoms with Gasteiger partial charge < -0.3 is 15.7 Å². The third-order valence-electron chi connectivity index (χ3n) is 6.10. The van der Waals surface area contributed by atoms with Crippen molar-refractivity contribution in [3.05, 3.63) is 59.9 Å². The van der Waals surface area contributed by atoms with Crippen LogP contribution in [-0.4, -0.2) is 33.5 Å². The molecule has 0 bridgehead atoms. The molecule has 1 aromatic heterocycles. The number of amides is 1. The Balaban J connectivity index is 1.67. The first-order valence-corrected chi connectivity index (χ1v) is 9.39. The minimum absolute atomic E-state index is 0.0369. The number of fused-ring (bicyclic) bond motifs is 1. The summed E-state index contributed by atoms with van der Waals surface area (Å²) in [5.41, 5.74) is 7.01. The van der Waals surface area contributed by atoms with Crippen molar-refractivity contribution < 1.29 is 9.90 Å². The summed E-state index contributed by atoms with van der Waals surface area (Å²) < 4.78 is 0. The quantitative estimate of drug-likeness (QED) is 0.872. The Labute approximate surface area is 153 Å². The highest BCUT2D eigenvalue weighted by Gasteiger charge is 2.50. The number of benzene rings is 1. The van der Waals surface area contributed by atoms with Gasteiger partial charge in [0, 0.05) is 36.6 Å². The van der Waals surface area contributed by atoms with Gasteiger partial charge in [-0.1, -0.05) is 43.2 Å². The summed E-state index contributed by atoms with van der Waals surface area (Å²) in [6.07, 6.45) is 7.72. The fraction of sp³-hybridized carbons (Fsp3) is 0.429. The van der Waals surface area contributed by atoms with Crippen LogP contribution in [0.4, 0.5) is 5.69 Å². The lowest BCUT2D eigenvalue weighted by Gasteiger charge is -2.52. The molecule has 1 aliphatic heterocycles. The molecule has 136 valence electrons. The van der Waals surface area contributed by atoms with Crippen molar-refractivity contribution in [2.24, 2.45) is 5.92 Å².